The number of nitrogens with zero attached hydrogens (tertiary/aromatic N) is 4. The topological polar surface area (TPSA) is 35.6 Å². The molecule has 23 rings (SSSR count). The summed E-state index contributed by atoms with van der Waals surface area (Å²) in [6, 6.07) is 154. The first-order valence-corrected chi connectivity index (χ1v) is 39.8. The highest BCUT2D eigenvalue weighted by atomic mass is 15.0. The zero-order valence-corrected chi connectivity index (χ0v) is 63.4. The van der Waals surface area contributed by atoms with E-state index in [-0.39, 0.29) is 0 Å². The first-order chi connectivity index (χ1) is 57.6. The van der Waals surface area contributed by atoms with Crippen LogP contribution in [-0.2, 0) is 0 Å². The summed E-state index contributed by atoms with van der Waals surface area (Å²) in [5, 5.41) is 19.7. The van der Waals surface area contributed by atoms with E-state index in [9.17, 15) is 0 Å². The Kier molecular flexibility index (Phi) is 16.6. The van der Waals surface area contributed by atoms with E-state index in [2.05, 4.69) is 440 Å². The fourth-order valence-corrected chi connectivity index (χ4v) is 18.3. The van der Waals surface area contributed by atoms with Crippen molar-refractivity contribution in [2.75, 3.05) is 0 Å². The summed E-state index contributed by atoms with van der Waals surface area (Å²) in [6.07, 6.45) is 4.09. The zero-order valence-electron chi connectivity index (χ0n) is 63.4. The van der Waals surface area contributed by atoms with Gasteiger partial charge < -0.3 is 9.13 Å². The summed E-state index contributed by atoms with van der Waals surface area (Å²) >= 11 is 0. The molecule has 0 saturated heterocycles. The Morgan fingerprint density at radius 3 is 1.00 bits per heavy atom. The van der Waals surface area contributed by atoms with Gasteiger partial charge in [-0.3, -0.25) is 9.97 Å². The molecule has 0 unspecified atom stereocenters. The zero-order chi connectivity index (χ0) is 76.6. The van der Waals surface area contributed by atoms with Crippen LogP contribution in [0, 0.1) is 0 Å². The second-order valence-electron chi connectivity index (χ2n) is 30.2. The van der Waals surface area contributed by atoms with Crippen molar-refractivity contribution in [3.63, 3.8) is 0 Å². The average Bonchev–Trinajstić information content (AvgIpc) is 1.65. The number of para-hydroxylation sites is 3. The lowest BCUT2D eigenvalue weighted by atomic mass is 9.87. The first-order valence-electron chi connectivity index (χ1n) is 39.8. The quantitative estimate of drug-likeness (QED) is 0.121. The molecule has 23 aromatic rings. The molecule has 0 spiro atoms. The smallest absolute Gasteiger partial charge is 0.0714 e. The Hall–Kier alpha value is -15.4. The van der Waals surface area contributed by atoms with Crippen LogP contribution in [0.5, 0.6) is 0 Å². The molecule has 0 amide bonds. The lowest BCUT2D eigenvalue weighted by Gasteiger charge is -2.18. The summed E-state index contributed by atoms with van der Waals surface area (Å²) in [5.41, 5.74) is 28.0. The van der Waals surface area contributed by atoms with Crippen molar-refractivity contribution in [1.82, 2.24) is 19.1 Å². The molecule has 0 N–H and O–H groups in total. The molecule has 0 aliphatic carbocycles. The molecule has 4 aromatic heterocycles. The highest BCUT2D eigenvalue weighted by molar-refractivity contribution is 6.25. The van der Waals surface area contributed by atoms with Crippen molar-refractivity contribution in [2.24, 2.45) is 0 Å². The van der Waals surface area contributed by atoms with Gasteiger partial charge in [-0.25, -0.2) is 0 Å². The molecule has 4 nitrogen and oxygen atoms in total. The number of hydrogen-bond donors (Lipinski definition) is 0. The molecule has 0 bridgehead atoms. The number of hydrogen-bond acceptors (Lipinski definition) is 2. The van der Waals surface area contributed by atoms with E-state index in [0.29, 0.717) is 0 Å². The summed E-state index contributed by atoms with van der Waals surface area (Å²) in [7, 11) is 0. The van der Waals surface area contributed by atoms with E-state index in [4.69, 9.17) is 9.97 Å². The third-order valence-corrected chi connectivity index (χ3v) is 23.7. The van der Waals surface area contributed by atoms with Gasteiger partial charge in [0.05, 0.1) is 33.5 Å². The van der Waals surface area contributed by atoms with Gasteiger partial charge in [-0.05, 0) is 193 Å². The predicted molar refractivity (Wildman–Crippen MR) is 491 cm³/mol. The molecule has 0 atom stereocenters. The number of aromatic nitrogens is 4. The minimum atomic E-state index is 0.962. The Labute approximate surface area is 671 Å². The van der Waals surface area contributed by atoms with Gasteiger partial charge in [-0.2, -0.15) is 0 Å². The largest absolute Gasteiger partial charge is 0.309 e. The van der Waals surface area contributed by atoms with Crippen molar-refractivity contribution < 1.29 is 0 Å². The van der Waals surface area contributed by atoms with Gasteiger partial charge in [0.25, 0.3) is 0 Å². The summed E-state index contributed by atoms with van der Waals surface area (Å²) in [5.74, 6) is 0. The Morgan fingerprint density at radius 1 is 0.172 bits per heavy atom. The van der Waals surface area contributed by atoms with Crippen molar-refractivity contribution >= 4 is 108 Å². The normalized spacial score (nSPS) is 11.6. The van der Waals surface area contributed by atoms with Crippen LogP contribution in [0.15, 0.2) is 437 Å². The molecule has 4 heteroatoms. The molecule has 540 valence electrons. The minimum Gasteiger partial charge on any atom is -0.309 e. The van der Waals surface area contributed by atoms with Crippen molar-refractivity contribution in [2.45, 2.75) is 0 Å². The van der Waals surface area contributed by atoms with Gasteiger partial charge in [-0.15, -0.1) is 0 Å². The molecule has 0 radical (unpaired) electrons. The number of rotatable bonds is 11. The predicted octanol–water partition coefficient (Wildman–Crippen LogP) is 30.3. The Bertz CT molecular complexity index is 7610. The molecular weight excluding hydrogens is 1400 g/mol. The van der Waals surface area contributed by atoms with E-state index in [1.807, 2.05) is 6.20 Å². The molecular formula is C112H72N4. The van der Waals surface area contributed by atoms with Gasteiger partial charge in [0.15, 0.2) is 0 Å². The average molecular weight is 1470 g/mol. The second kappa shape index (κ2) is 28.4. The van der Waals surface area contributed by atoms with E-state index in [1.165, 1.54) is 164 Å². The van der Waals surface area contributed by atoms with E-state index < -0.39 is 0 Å². The molecule has 116 heavy (non-hydrogen) atoms. The maximum atomic E-state index is 5.28. The monoisotopic (exact) mass is 1470 g/mol. The van der Waals surface area contributed by atoms with Gasteiger partial charge in [-0.1, -0.05) is 358 Å². The van der Waals surface area contributed by atoms with E-state index in [1.54, 1.807) is 0 Å². The summed E-state index contributed by atoms with van der Waals surface area (Å²) in [6.45, 7) is 0. The van der Waals surface area contributed by atoms with Gasteiger partial charge >= 0.3 is 0 Å². The van der Waals surface area contributed by atoms with Crippen LogP contribution in [0.25, 0.3) is 220 Å². The van der Waals surface area contributed by atoms with Gasteiger partial charge in [0.2, 0.25) is 0 Å². The van der Waals surface area contributed by atoms with Crippen LogP contribution in [-0.4, -0.2) is 19.1 Å². The molecule has 19 aromatic carbocycles. The maximum Gasteiger partial charge on any atom is 0.0714 e. The standard InChI is InChI=1S/C59H38N2.C53H34N2/c1-3-13-39(14-4-1)40-27-29-43(30-28-40)58-49-19-9-11-21-51(49)59(52-22-12-10-20-50(52)58)55-33-31-47(38-60-55)42-25-23-41(24-26-42)46-32-34-56-53(36-46)54-35-44-15-7-8-16-45(44)37-57(54)61(56)48-17-5-2-6-18-48;1-3-14-35(15-4-1)36-26-28-38(29-27-36)50-43-20-9-11-22-45(43)51(46-23-12-10-21-44(46)50)48-32-30-39(34-54-48)42-24-13-25-47-52-41-19-8-7-16-37(41)31-33-49(52)55(53(42)47)40-17-5-2-6-18-40/h1-38H;1-34H. The molecule has 0 aliphatic heterocycles. The fourth-order valence-electron chi connectivity index (χ4n) is 18.3. The third-order valence-electron chi connectivity index (χ3n) is 23.7. The lowest BCUT2D eigenvalue weighted by Crippen LogP contribution is -1.96. The van der Waals surface area contributed by atoms with Gasteiger partial charge in [0, 0.05) is 73.1 Å². The Balaban J connectivity index is 0.000000141. The highest BCUT2D eigenvalue weighted by Crippen LogP contribution is 2.48. The Morgan fingerprint density at radius 2 is 0.517 bits per heavy atom. The highest BCUT2D eigenvalue weighted by Gasteiger charge is 2.24. The summed E-state index contributed by atoms with van der Waals surface area (Å²) < 4.78 is 4.82. The molecule has 0 saturated carbocycles. The van der Waals surface area contributed by atoms with Crippen LogP contribution in [0.2, 0.25) is 0 Å². The molecule has 4 heterocycles. The fraction of sp³-hybridized carbons (Fsp3) is 0. The number of pyridine rings is 2. The van der Waals surface area contributed by atoms with Crippen molar-refractivity contribution in [1.29, 1.82) is 0 Å². The summed E-state index contributed by atoms with van der Waals surface area (Å²) in [4.78, 5) is 10.4. The van der Waals surface area contributed by atoms with Gasteiger partial charge in [0.1, 0.15) is 0 Å². The minimum absolute atomic E-state index is 0.962. The second-order valence-corrected chi connectivity index (χ2v) is 30.2. The number of benzene rings is 19. The third kappa shape index (κ3) is 11.6. The molecule has 0 fully saturated rings. The van der Waals surface area contributed by atoms with Crippen LogP contribution < -0.4 is 0 Å². The van der Waals surface area contributed by atoms with Crippen molar-refractivity contribution in [3.8, 4) is 112 Å². The van der Waals surface area contributed by atoms with E-state index >= 15 is 0 Å². The van der Waals surface area contributed by atoms with E-state index in [0.717, 1.165) is 56.1 Å². The van der Waals surface area contributed by atoms with Crippen LogP contribution in [0.4, 0.5) is 0 Å². The lowest BCUT2D eigenvalue weighted by molar-refractivity contribution is 1.18. The maximum absolute atomic E-state index is 5.28. The SMILES string of the molecule is c1ccc(-c2ccc(-c3c4ccccc4c(-c4ccc(-c5ccc(-c6ccc7c(c6)c6cc8ccccc8cc6n7-c6ccccc6)cc5)cn4)c4ccccc34)cc2)cc1.c1ccc(-c2ccc(-c3c4ccccc4c(-c4ccc(-c5cccc6c7c8ccccc8ccc7n(-c7ccccc7)c56)cn4)c4ccccc34)cc2)cc1. The molecule has 0 aliphatic rings. The van der Waals surface area contributed by atoms with Crippen LogP contribution >= 0.6 is 0 Å². The first kappa shape index (κ1) is 67.5. The van der Waals surface area contributed by atoms with Crippen molar-refractivity contribution in [3.05, 3.63) is 437 Å². The van der Waals surface area contributed by atoms with Crippen LogP contribution in [0.1, 0.15) is 0 Å². The number of fused-ring (bicyclic) bond motifs is 13. The van der Waals surface area contributed by atoms with Crippen LogP contribution in [0.3, 0.4) is 0 Å².